The number of halogens is 1. The van der Waals surface area contributed by atoms with E-state index < -0.39 is 0 Å². The minimum Gasteiger partial charge on any atom is -0.369 e. The summed E-state index contributed by atoms with van der Waals surface area (Å²) < 4.78 is 0. The molecule has 1 aliphatic heterocycles. The second-order valence-corrected chi connectivity index (χ2v) is 5.35. The Bertz CT molecular complexity index is 397. The van der Waals surface area contributed by atoms with E-state index in [2.05, 4.69) is 34.2 Å². The van der Waals surface area contributed by atoms with Gasteiger partial charge in [0.2, 0.25) is 0 Å². The predicted molar refractivity (Wildman–Crippen MR) is 75.1 cm³/mol. The van der Waals surface area contributed by atoms with E-state index in [1.165, 1.54) is 25.7 Å². The molecule has 0 radical (unpaired) electrons. The molecular weight excluding hydrogens is 248 g/mol. The van der Waals surface area contributed by atoms with Gasteiger partial charge in [0.1, 0.15) is 17.3 Å². The summed E-state index contributed by atoms with van der Waals surface area (Å²) in [5.74, 6) is 1.59. The zero-order chi connectivity index (χ0) is 13.0. The number of piperidine rings is 1. The van der Waals surface area contributed by atoms with Gasteiger partial charge in [-0.25, -0.2) is 9.97 Å². The number of anilines is 1. The summed E-state index contributed by atoms with van der Waals surface area (Å²) >= 11 is 6.07. The Balaban J connectivity index is 1.95. The van der Waals surface area contributed by atoms with E-state index >= 15 is 0 Å². The van der Waals surface area contributed by atoms with Gasteiger partial charge in [-0.05, 0) is 38.8 Å². The second kappa shape index (κ2) is 6.34. The van der Waals surface area contributed by atoms with Gasteiger partial charge in [0.25, 0.3) is 0 Å². The predicted octanol–water partition coefficient (Wildman–Crippen LogP) is 2.45. The highest BCUT2D eigenvalue weighted by Crippen LogP contribution is 2.21. The van der Waals surface area contributed by atoms with E-state index in [-0.39, 0.29) is 0 Å². The smallest absolute Gasteiger partial charge is 0.137 e. The van der Waals surface area contributed by atoms with E-state index in [1.54, 1.807) is 0 Å². The first-order chi connectivity index (χ1) is 8.70. The summed E-state index contributed by atoms with van der Waals surface area (Å²) in [5.41, 5.74) is 1.02. The molecule has 1 aliphatic rings. The highest BCUT2D eigenvalue weighted by molar-refractivity contribution is 6.30. The second-order valence-electron chi connectivity index (χ2n) is 5.00. The molecule has 1 fully saturated rings. The third-order valence-corrected chi connectivity index (χ3v) is 3.85. The molecule has 1 aromatic heterocycles. The van der Waals surface area contributed by atoms with Crippen LogP contribution >= 0.6 is 11.6 Å². The van der Waals surface area contributed by atoms with E-state index in [0.29, 0.717) is 11.1 Å². The maximum absolute atomic E-state index is 6.07. The molecule has 0 aromatic carbocycles. The van der Waals surface area contributed by atoms with E-state index in [0.717, 1.165) is 30.9 Å². The summed E-state index contributed by atoms with van der Waals surface area (Å²) in [6.07, 6.45) is 4.95. The van der Waals surface area contributed by atoms with Gasteiger partial charge in [-0.1, -0.05) is 18.5 Å². The Morgan fingerprint density at radius 1 is 1.50 bits per heavy atom. The number of hydrogen-bond acceptors (Lipinski definition) is 4. The molecule has 1 saturated heterocycles. The maximum atomic E-state index is 6.07. The van der Waals surface area contributed by atoms with Gasteiger partial charge in [0.15, 0.2) is 0 Å². The van der Waals surface area contributed by atoms with Gasteiger partial charge in [0, 0.05) is 18.7 Å². The number of nitrogens with one attached hydrogen (secondary N) is 1. The van der Waals surface area contributed by atoms with Crippen molar-refractivity contribution in [2.24, 2.45) is 5.92 Å². The Kier molecular flexibility index (Phi) is 4.78. The van der Waals surface area contributed by atoms with Crippen LogP contribution in [0.1, 0.15) is 25.3 Å². The lowest BCUT2D eigenvalue weighted by Gasteiger charge is -2.30. The van der Waals surface area contributed by atoms with Crippen LogP contribution in [0.3, 0.4) is 0 Å². The number of nitrogens with zero attached hydrogens (tertiary/aromatic N) is 3. The van der Waals surface area contributed by atoms with Crippen LogP contribution in [0.2, 0.25) is 5.15 Å². The van der Waals surface area contributed by atoms with Crippen molar-refractivity contribution in [2.75, 3.05) is 32.0 Å². The van der Waals surface area contributed by atoms with Crippen molar-refractivity contribution in [1.29, 1.82) is 0 Å². The van der Waals surface area contributed by atoms with E-state index in [4.69, 9.17) is 11.6 Å². The molecule has 100 valence electrons. The van der Waals surface area contributed by atoms with Crippen molar-refractivity contribution in [3.05, 3.63) is 17.0 Å². The zero-order valence-electron chi connectivity index (χ0n) is 11.1. The fourth-order valence-electron chi connectivity index (χ4n) is 2.54. The first-order valence-electron chi connectivity index (χ1n) is 6.62. The molecular formula is C13H21ClN4. The molecule has 2 heterocycles. The van der Waals surface area contributed by atoms with Crippen LogP contribution in [0, 0.1) is 5.92 Å². The molecule has 2 rings (SSSR count). The molecule has 1 aromatic rings. The fraction of sp³-hybridized carbons (Fsp3) is 0.692. The molecule has 4 nitrogen and oxygen atoms in total. The minimum absolute atomic E-state index is 0.566. The molecule has 0 saturated carbocycles. The van der Waals surface area contributed by atoms with Crippen LogP contribution in [0.5, 0.6) is 0 Å². The molecule has 5 heteroatoms. The molecule has 0 spiro atoms. The molecule has 0 amide bonds. The topological polar surface area (TPSA) is 41.1 Å². The molecule has 18 heavy (non-hydrogen) atoms. The summed E-state index contributed by atoms with van der Waals surface area (Å²) in [6.45, 7) is 5.41. The largest absolute Gasteiger partial charge is 0.369 e. The first kappa shape index (κ1) is 13.6. The number of hydrogen-bond donors (Lipinski definition) is 1. The number of likely N-dealkylation sites (tertiary alicyclic amines) is 1. The standard InChI is InChI=1S/C13H21ClN4/c1-3-11-12(14)16-9-17-13(11)15-7-10-5-4-6-18(2)8-10/h9-10H,3-8H2,1-2H3,(H,15,16,17). The third kappa shape index (κ3) is 3.33. The van der Waals surface area contributed by atoms with Crippen molar-refractivity contribution < 1.29 is 0 Å². The first-order valence-corrected chi connectivity index (χ1v) is 7.00. The van der Waals surface area contributed by atoms with Gasteiger partial charge in [0.05, 0.1) is 0 Å². The summed E-state index contributed by atoms with van der Waals surface area (Å²) in [7, 11) is 2.19. The lowest BCUT2D eigenvalue weighted by molar-refractivity contribution is 0.217. The Labute approximate surface area is 114 Å². The Morgan fingerprint density at radius 2 is 2.33 bits per heavy atom. The van der Waals surface area contributed by atoms with Crippen LogP contribution in [0.25, 0.3) is 0 Å². The van der Waals surface area contributed by atoms with Crippen LogP contribution in [0.15, 0.2) is 6.33 Å². The fourth-order valence-corrected chi connectivity index (χ4v) is 2.80. The quantitative estimate of drug-likeness (QED) is 0.852. The van der Waals surface area contributed by atoms with Crippen LogP contribution < -0.4 is 5.32 Å². The monoisotopic (exact) mass is 268 g/mol. The zero-order valence-corrected chi connectivity index (χ0v) is 11.9. The average molecular weight is 269 g/mol. The number of rotatable bonds is 4. The number of aromatic nitrogens is 2. The molecule has 0 bridgehead atoms. The molecule has 1 unspecified atom stereocenters. The van der Waals surface area contributed by atoms with Gasteiger partial charge in [-0.3, -0.25) is 0 Å². The van der Waals surface area contributed by atoms with E-state index in [9.17, 15) is 0 Å². The third-order valence-electron chi connectivity index (χ3n) is 3.53. The summed E-state index contributed by atoms with van der Waals surface area (Å²) in [6, 6.07) is 0. The highest BCUT2D eigenvalue weighted by atomic mass is 35.5. The average Bonchev–Trinajstić information content (AvgIpc) is 2.36. The SMILES string of the molecule is CCc1c(Cl)ncnc1NCC1CCCN(C)C1. The maximum Gasteiger partial charge on any atom is 0.137 e. The van der Waals surface area contributed by atoms with Crippen molar-refractivity contribution in [3.63, 3.8) is 0 Å². The summed E-state index contributed by atoms with van der Waals surface area (Å²) in [5, 5.41) is 4.00. The lowest BCUT2D eigenvalue weighted by Crippen LogP contribution is -2.35. The van der Waals surface area contributed by atoms with Gasteiger partial charge >= 0.3 is 0 Å². The van der Waals surface area contributed by atoms with Gasteiger partial charge in [-0.2, -0.15) is 0 Å². The lowest BCUT2D eigenvalue weighted by atomic mass is 9.98. The van der Waals surface area contributed by atoms with Crippen LogP contribution in [-0.2, 0) is 6.42 Å². The Hall–Kier alpha value is -0.870. The van der Waals surface area contributed by atoms with Crippen molar-refractivity contribution in [3.8, 4) is 0 Å². The minimum atomic E-state index is 0.566. The highest BCUT2D eigenvalue weighted by Gasteiger charge is 2.17. The molecule has 0 aliphatic carbocycles. The normalized spacial score (nSPS) is 20.9. The molecule has 1 N–H and O–H groups in total. The summed E-state index contributed by atoms with van der Waals surface area (Å²) in [4.78, 5) is 10.7. The van der Waals surface area contributed by atoms with Crippen LogP contribution in [0.4, 0.5) is 5.82 Å². The van der Waals surface area contributed by atoms with Crippen molar-refractivity contribution in [1.82, 2.24) is 14.9 Å². The van der Waals surface area contributed by atoms with E-state index in [1.807, 2.05) is 0 Å². The Morgan fingerprint density at radius 3 is 3.06 bits per heavy atom. The van der Waals surface area contributed by atoms with Crippen molar-refractivity contribution >= 4 is 17.4 Å². The van der Waals surface area contributed by atoms with Crippen LogP contribution in [-0.4, -0.2) is 41.5 Å². The van der Waals surface area contributed by atoms with Crippen molar-refractivity contribution in [2.45, 2.75) is 26.2 Å². The van der Waals surface area contributed by atoms with Gasteiger partial charge < -0.3 is 10.2 Å². The van der Waals surface area contributed by atoms with Gasteiger partial charge in [-0.15, -0.1) is 0 Å². The molecule has 1 atom stereocenters.